The molecule has 2 nitrogen and oxygen atoms in total. The summed E-state index contributed by atoms with van der Waals surface area (Å²) in [7, 11) is 0. The maximum Gasteiger partial charge on any atom is 0.328 e. The van der Waals surface area contributed by atoms with Crippen molar-refractivity contribution in [2.24, 2.45) is 0 Å². The molecule has 0 aliphatic carbocycles. The minimum absolute atomic E-state index is 1.02. The van der Waals surface area contributed by atoms with Crippen molar-refractivity contribution in [1.82, 2.24) is 4.98 Å². The normalized spacial score (nSPS) is 10.7. The van der Waals surface area contributed by atoms with Crippen LogP contribution in [-0.4, -0.2) is 4.98 Å². The number of aryl methyl sites for hydroxylation is 3. The van der Waals surface area contributed by atoms with Crippen molar-refractivity contribution in [3.05, 3.63) is 41.3 Å². The van der Waals surface area contributed by atoms with Crippen LogP contribution in [0.1, 0.15) is 17.0 Å². The van der Waals surface area contributed by atoms with E-state index in [2.05, 4.69) is 47.6 Å². The molecule has 0 bridgehead atoms. The van der Waals surface area contributed by atoms with Gasteiger partial charge in [-0.1, -0.05) is 0 Å². The second-order valence-electron chi connectivity index (χ2n) is 3.47. The summed E-state index contributed by atoms with van der Waals surface area (Å²) in [5.74, 6) is 0. The van der Waals surface area contributed by atoms with Gasteiger partial charge in [0.15, 0.2) is 5.69 Å². The van der Waals surface area contributed by atoms with Gasteiger partial charge in [0.05, 0.1) is 6.20 Å². The van der Waals surface area contributed by atoms with Gasteiger partial charge in [0.2, 0.25) is 0 Å². The van der Waals surface area contributed by atoms with E-state index in [9.17, 15) is 0 Å². The smallest absolute Gasteiger partial charge is 0.200 e. The van der Waals surface area contributed by atoms with Crippen LogP contribution in [0.2, 0.25) is 0 Å². The van der Waals surface area contributed by atoms with E-state index in [0.29, 0.717) is 0 Å². The highest BCUT2D eigenvalue weighted by atomic mass is 15.0. The van der Waals surface area contributed by atoms with Gasteiger partial charge in [-0.2, -0.15) is 0 Å². The molecule has 0 saturated carbocycles. The van der Waals surface area contributed by atoms with Gasteiger partial charge in [-0.15, -0.1) is 0 Å². The molecule has 0 spiro atoms. The van der Waals surface area contributed by atoms with Crippen LogP contribution in [0.25, 0.3) is 5.65 Å². The molecule has 0 aliphatic heterocycles. The first-order chi connectivity index (χ1) is 6.16. The molecule has 2 rings (SSSR count). The Bertz CT molecular complexity index is 461. The van der Waals surface area contributed by atoms with Crippen molar-refractivity contribution in [2.75, 3.05) is 0 Å². The number of hydrogen-bond donors (Lipinski definition) is 0. The Balaban J connectivity index is 2.87. The zero-order chi connectivity index (χ0) is 9.42. The summed E-state index contributed by atoms with van der Waals surface area (Å²) in [5.41, 5.74) is 4.57. The van der Waals surface area contributed by atoms with Gasteiger partial charge in [-0.25, -0.2) is 4.40 Å². The number of rotatable bonds is 0. The molecule has 0 amide bonds. The first kappa shape index (κ1) is 8.17. The quantitative estimate of drug-likeness (QED) is 0.555. The highest BCUT2D eigenvalue weighted by Gasteiger charge is 2.07. The standard InChI is InChI=1S/C11H13N2/c1-8-4-5-11-12-9(2)6-10(3)13(11)7-8/h4-7H,1-3H3/q+1. The van der Waals surface area contributed by atoms with Crippen molar-refractivity contribution in [3.63, 3.8) is 0 Å². The Morgan fingerprint density at radius 3 is 2.69 bits per heavy atom. The molecular formula is C11H13N2+. The van der Waals surface area contributed by atoms with Crippen LogP contribution in [0, 0.1) is 20.8 Å². The summed E-state index contributed by atoms with van der Waals surface area (Å²) in [4.78, 5) is 4.44. The largest absolute Gasteiger partial charge is 0.328 e. The van der Waals surface area contributed by atoms with E-state index in [0.717, 1.165) is 11.3 Å². The van der Waals surface area contributed by atoms with E-state index in [1.165, 1.54) is 11.3 Å². The molecule has 0 unspecified atom stereocenters. The number of fused-ring (bicyclic) bond motifs is 1. The third kappa shape index (κ3) is 1.39. The fourth-order valence-electron chi connectivity index (χ4n) is 1.56. The molecule has 13 heavy (non-hydrogen) atoms. The number of aromatic nitrogens is 2. The van der Waals surface area contributed by atoms with E-state index in [1.807, 2.05) is 6.92 Å². The second-order valence-corrected chi connectivity index (χ2v) is 3.47. The lowest BCUT2D eigenvalue weighted by molar-refractivity contribution is -0.523. The Morgan fingerprint density at radius 2 is 1.92 bits per heavy atom. The zero-order valence-electron chi connectivity index (χ0n) is 8.20. The number of hydrogen-bond acceptors (Lipinski definition) is 1. The fourth-order valence-corrected chi connectivity index (χ4v) is 1.56. The van der Waals surface area contributed by atoms with Gasteiger partial charge in [-0.05, 0) is 30.5 Å². The molecule has 2 heteroatoms. The van der Waals surface area contributed by atoms with E-state index in [1.54, 1.807) is 0 Å². The maximum atomic E-state index is 4.44. The lowest BCUT2D eigenvalue weighted by Crippen LogP contribution is -2.27. The van der Waals surface area contributed by atoms with Gasteiger partial charge in [0.1, 0.15) is 5.69 Å². The van der Waals surface area contributed by atoms with Crippen LogP contribution in [0.3, 0.4) is 0 Å². The molecule has 0 atom stereocenters. The van der Waals surface area contributed by atoms with Crippen LogP contribution in [0.4, 0.5) is 0 Å². The average Bonchev–Trinajstić information content (AvgIpc) is 2.06. The monoisotopic (exact) mass is 173 g/mol. The van der Waals surface area contributed by atoms with Gasteiger partial charge < -0.3 is 0 Å². The predicted molar refractivity (Wildman–Crippen MR) is 51.6 cm³/mol. The lowest BCUT2D eigenvalue weighted by Gasteiger charge is -1.97. The first-order valence-electron chi connectivity index (χ1n) is 4.43. The third-order valence-electron chi connectivity index (χ3n) is 2.16. The molecule has 0 saturated heterocycles. The highest BCUT2D eigenvalue weighted by Crippen LogP contribution is 2.01. The number of pyridine rings is 1. The van der Waals surface area contributed by atoms with Crippen molar-refractivity contribution in [2.45, 2.75) is 20.8 Å². The van der Waals surface area contributed by atoms with Crippen molar-refractivity contribution in [3.8, 4) is 0 Å². The maximum absolute atomic E-state index is 4.44. The molecule has 2 aromatic rings. The van der Waals surface area contributed by atoms with Crippen molar-refractivity contribution in [1.29, 1.82) is 0 Å². The Kier molecular flexibility index (Phi) is 1.76. The summed E-state index contributed by atoms with van der Waals surface area (Å²) in [6, 6.07) is 6.23. The van der Waals surface area contributed by atoms with Crippen molar-refractivity contribution < 1.29 is 4.40 Å². The molecule has 66 valence electrons. The molecule has 0 fully saturated rings. The van der Waals surface area contributed by atoms with E-state index < -0.39 is 0 Å². The number of nitrogens with zero attached hydrogens (tertiary/aromatic N) is 2. The summed E-state index contributed by atoms with van der Waals surface area (Å²) in [5, 5.41) is 0. The molecule has 0 radical (unpaired) electrons. The third-order valence-corrected chi connectivity index (χ3v) is 2.16. The van der Waals surface area contributed by atoms with E-state index in [4.69, 9.17) is 0 Å². The summed E-state index contributed by atoms with van der Waals surface area (Å²) in [6.07, 6.45) is 2.11. The van der Waals surface area contributed by atoms with Crippen LogP contribution in [0.5, 0.6) is 0 Å². The first-order valence-corrected chi connectivity index (χ1v) is 4.43. The molecule has 0 aliphatic rings. The SMILES string of the molecule is Cc1ccc2nc(C)cc(C)[n+]2c1. The minimum atomic E-state index is 1.02. The van der Waals surface area contributed by atoms with Gasteiger partial charge in [0, 0.05) is 19.1 Å². The molecule has 0 N–H and O–H groups in total. The Hall–Kier alpha value is -1.44. The lowest BCUT2D eigenvalue weighted by atomic mass is 10.3. The Morgan fingerprint density at radius 1 is 1.15 bits per heavy atom. The fraction of sp³-hybridized carbons (Fsp3) is 0.273. The molecule has 2 aromatic heterocycles. The van der Waals surface area contributed by atoms with Crippen LogP contribution in [0.15, 0.2) is 24.4 Å². The second kappa shape index (κ2) is 2.80. The van der Waals surface area contributed by atoms with Crippen LogP contribution in [-0.2, 0) is 0 Å². The van der Waals surface area contributed by atoms with Crippen LogP contribution >= 0.6 is 0 Å². The van der Waals surface area contributed by atoms with Crippen molar-refractivity contribution >= 4 is 5.65 Å². The van der Waals surface area contributed by atoms with Gasteiger partial charge >= 0.3 is 5.65 Å². The van der Waals surface area contributed by atoms with E-state index in [-0.39, 0.29) is 0 Å². The summed E-state index contributed by atoms with van der Waals surface area (Å²) in [6.45, 7) is 6.21. The topological polar surface area (TPSA) is 17.0 Å². The molecule has 0 aromatic carbocycles. The van der Waals surface area contributed by atoms with E-state index >= 15 is 0 Å². The average molecular weight is 173 g/mol. The Labute approximate surface area is 77.9 Å². The predicted octanol–water partition coefficient (Wildman–Crippen LogP) is 1.75. The molecular weight excluding hydrogens is 160 g/mol. The summed E-state index contributed by atoms with van der Waals surface area (Å²) >= 11 is 0. The summed E-state index contributed by atoms with van der Waals surface area (Å²) < 4.78 is 2.11. The highest BCUT2D eigenvalue weighted by molar-refractivity contribution is 5.31. The van der Waals surface area contributed by atoms with Crippen LogP contribution < -0.4 is 4.40 Å². The molecule has 2 heterocycles. The zero-order valence-corrected chi connectivity index (χ0v) is 8.20. The minimum Gasteiger partial charge on any atom is -0.200 e. The van der Waals surface area contributed by atoms with Gasteiger partial charge in [0.25, 0.3) is 0 Å². The van der Waals surface area contributed by atoms with Gasteiger partial charge in [-0.3, -0.25) is 0 Å².